The minimum atomic E-state index is -0.261. The van der Waals surface area contributed by atoms with Crippen molar-refractivity contribution in [2.24, 2.45) is 0 Å². The summed E-state index contributed by atoms with van der Waals surface area (Å²) in [6, 6.07) is 5.43. The minimum absolute atomic E-state index is 0.00526. The minimum Gasteiger partial charge on any atom is -0.342 e. The van der Waals surface area contributed by atoms with Crippen LogP contribution in [-0.4, -0.2) is 38.8 Å². The molecule has 1 amide bonds. The third kappa shape index (κ3) is 3.47. The second-order valence-electron chi connectivity index (χ2n) is 5.81. The Morgan fingerprint density at radius 2 is 2.04 bits per heavy atom. The summed E-state index contributed by atoms with van der Waals surface area (Å²) < 4.78 is 0. The number of likely N-dealkylation sites (tertiary alicyclic amines) is 1. The molecule has 0 atom stereocenters. The molecule has 3 heterocycles. The van der Waals surface area contributed by atoms with Gasteiger partial charge in [-0.2, -0.15) is 0 Å². The summed E-state index contributed by atoms with van der Waals surface area (Å²) >= 11 is 0. The van der Waals surface area contributed by atoms with Crippen molar-refractivity contribution in [3.63, 3.8) is 0 Å². The highest BCUT2D eigenvalue weighted by atomic mass is 16.2. The molecule has 0 saturated carbocycles. The third-order valence-corrected chi connectivity index (χ3v) is 4.17. The molecule has 1 saturated heterocycles. The van der Waals surface area contributed by atoms with Crippen LogP contribution in [0.4, 0.5) is 0 Å². The van der Waals surface area contributed by atoms with E-state index in [1.807, 2.05) is 11.0 Å². The van der Waals surface area contributed by atoms with Gasteiger partial charge in [0, 0.05) is 30.5 Å². The second kappa shape index (κ2) is 6.73. The number of nitrogens with one attached hydrogen (secondary N) is 1. The van der Waals surface area contributed by atoms with E-state index in [2.05, 4.69) is 15.0 Å². The predicted molar refractivity (Wildman–Crippen MR) is 87.0 cm³/mol. The first-order valence-electron chi connectivity index (χ1n) is 7.94. The van der Waals surface area contributed by atoms with Crippen molar-refractivity contribution in [2.75, 3.05) is 13.1 Å². The van der Waals surface area contributed by atoms with Crippen LogP contribution in [0.15, 0.2) is 29.2 Å². The van der Waals surface area contributed by atoms with Gasteiger partial charge >= 0.3 is 0 Å². The van der Waals surface area contributed by atoms with E-state index in [1.54, 1.807) is 25.3 Å². The second-order valence-corrected chi connectivity index (χ2v) is 5.81. The van der Waals surface area contributed by atoms with Crippen molar-refractivity contribution in [1.82, 2.24) is 19.9 Å². The Morgan fingerprint density at radius 3 is 2.70 bits per heavy atom. The zero-order valence-corrected chi connectivity index (χ0v) is 13.2. The zero-order chi connectivity index (χ0) is 16.2. The molecule has 120 valence electrons. The van der Waals surface area contributed by atoms with E-state index in [9.17, 15) is 9.59 Å². The molecule has 1 N–H and O–H groups in total. The van der Waals surface area contributed by atoms with Crippen molar-refractivity contribution in [1.29, 1.82) is 0 Å². The molecule has 1 aliphatic heterocycles. The summed E-state index contributed by atoms with van der Waals surface area (Å²) in [4.78, 5) is 37.9. The summed E-state index contributed by atoms with van der Waals surface area (Å²) in [5, 5.41) is 0. The maximum Gasteiger partial charge on any atom is 0.255 e. The monoisotopic (exact) mass is 312 g/mol. The largest absolute Gasteiger partial charge is 0.342 e. The number of piperidine rings is 1. The van der Waals surface area contributed by atoms with E-state index in [0.717, 1.165) is 25.9 Å². The summed E-state index contributed by atoms with van der Waals surface area (Å²) in [6.45, 7) is 3.34. The van der Waals surface area contributed by atoms with Crippen LogP contribution in [0, 0.1) is 6.92 Å². The number of rotatable bonds is 3. The molecule has 0 bridgehead atoms. The predicted octanol–water partition coefficient (Wildman–Crippen LogP) is 1.70. The van der Waals surface area contributed by atoms with E-state index >= 15 is 0 Å². The molecule has 2 aromatic heterocycles. The Morgan fingerprint density at radius 1 is 1.26 bits per heavy atom. The van der Waals surface area contributed by atoms with Gasteiger partial charge in [-0.1, -0.05) is 6.07 Å². The lowest BCUT2D eigenvalue weighted by Crippen LogP contribution is -2.37. The van der Waals surface area contributed by atoms with Crippen molar-refractivity contribution in [3.8, 4) is 11.5 Å². The summed E-state index contributed by atoms with van der Waals surface area (Å²) in [7, 11) is 0. The summed E-state index contributed by atoms with van der Waals surface area (Å²) in [6.07, 6.45) is 5.01. The number of hydrogen-bond donors (Lipinski definition) is 1. The van der Waals surface area contributed by atoms with Crippen LogP contribution in [0.2, 0.25) is 0 Å². The van der Waals surface area contributed by atoms with Gasteiger partial charge in [-0.25, -0.2) is 4.98 Å². The Bertz CT molecular complexity index is 749. The zero-order valence-electron chi connectivity index (χ0n) is 13.2. The molecule has 6 nitrogen and oxygen atoms in total. The van der Waals surface area contributed by atoms with E-state index in [1.165, 1.54) is 6.42 Å². The SMILES string of the molecule is Cc1nc(-c2ccccn2)[nH]c(=O)c1CC(=O)N1CCCCC1. The fraction of sp³-hybridized carbons (Fsp3) is 0.412. The molecule has 3 rings (SSSR count). The van der Waals surface area contributed by atoms with Gasteiger partial charge in [-0.15, -0.1) is 0 Å². The van der Waals surface area contributed by atoms with Gasteiger partial charge in [-0.3, -0.25) is 14.6 Å². The number of nitrogens with zero attached hydrogens (tertiary/aromatic N) is 3. The van der Waals surface area contributed by atoms with Crippen LogP contribution >= 0.6 is 0 Å². The number of H-pyrrole nitrogens is 1. The smallest absolute Gasteiger partial charge is 0.255 e. The van der Waals surface area contributed by atoms with Crippen LogP contribution in [-0.2, 0) is 11.2 Å². The average Bonchev–Trinajstić information content (AvgIpc) is 2.59. The molecule has 0 aromatic carbocycles. The van der Waals surface area contributed by atoms with Crippen LogP contribution in [0.1, 0.15) is 30.5 Å². The first-order chi connectivity index (χ1) is 11.1. The van der Waals surface area contributed by atoms with Crippen molar-refractivity contribution >= 4 is 5.91 Å². The number of amides is 1. The number of hydrogen-bond acceptors (Lipinski definition) is 4. The number of pyridine rings is 1. The van der Waals surface area contributed by atoms with Crippen molar-refractivity contribution in [3.05, 3.63) is 46.0 Å². The lowest BCUT2D eigenvalue weighted by Gasteiger charge is -2.26. The molecule has 0 unspecified atom stereocenters. The van der Waals surface area contributed by atoms with Crippen molar-refractivity contribution < 1.29 is 4.79 Å². The Labute approximate surface area is 134 Å². The van der Waals surface area contributed by atoms with Gasteiger partial charge in [0.25, 0.3) is 5.56 Å². The number of carbonyl (C=O) groups excluding carboxylic acids is 1. The molecule has 0 spiro atoms. The van der Waals surface area contributed by atoms with Crippen LogP contribution in [0.25, 0.3) is 11.5 Å². The number of aryl methyl sites for hydroxylation is 1. The highest BCUT2D eigenvalue weighted by Gasteiger charge is 2.20. The molecular weight excluding hydrogens is 292 g/mol. The maximum atomic E-state index is 12.4. The van der Waals surface area contributed by atoms with E-state index in [4.69, 9.17) is 0 Å². The molecule has 1 fully saturated rings. The number of carbonyl (C=O) groups is 1. The Balaban J connectivity index is 1.83. The van der Waals surface area contributed by atoms with Crippen LogP contribution in [0.3, 0.4) is 0 Å². The lowest BCUT2D eigenvalue weighted by atomic mass is 10.1. The highest BCUT2D eigenvalue weighted by molar-refractivity contribution is 5.79. The first-order valence-corrected chi connectivity index (χ1v) is 7.94. The van der Waals surface area contributed by atoms with Gasteiger partial charge in [0.1, 0.15) is 5.69 Å². The Hall–Kier alpha value is -2.50. The quantitative estimate of drug-likeness (QED) is 0.935. The molecule has 2 aromatic rings. The summed E-state index contributed by atoms with van der Waals surface area (Å²) in [5.74, 6) is 0.438. The highest BCUT2D eigenvalue weighted by Crippen LogP contribution is 2.13. The van der Waals surface area contributed by atoms with E-state index in [0.29, 0.717) is 22.8 Å². The molecule has 1 aliphatic rings. The van der Waals surface area contributed by atoms with Crippen LogP contribution < -0.4 is 5.56 Å². The van der Waals surface area contributed by atoms with Gasteiger partial charge < -0.3 is 9.88 Å². The van der Waals surface area contributed by atoms with Crippen molar-refractivity contribution in [2.45, 2.75) is 32.6 Å². The van der Waals surface area contributed by atoms with E-state index < -0.39 is 0 Å². The lowest BCUT2D eigenvalue weighted by molar-refractivity contribution is -0.131. The standard InChI is InChI=1S/C17H20N4O2/c1-12-13(11-15(22)21-9-5-2-6-10-21)17(23)20-16(19-12)14-7-3-4-8-18-14/h3-4,7-8H,2,5-6,9-11H2,1H3,(H,19,20,23). The molecule has 23 heavy (non-hydrogen) atoms. The average molecular weight is 312 g/mol. The van der Waals surface area contributed by atoms with Gasteiger partial charge in [0.15, 0.2) is 5.82 Å². The molecule has 6 heteroatoms. The third-order valence-electron chi connectivity index (χ3n) is 4.17. The number of aromatic amines is 1. The van der Waals surface area contributed by atoms with Crippen LogP contribution in [0.5, 0.6) is 0 Å². The molecule has 0 aliphatic carbocycles. The Kier molecular flexibility index (Phi) is 4.50. The van der Waals surface area contributed by atoms with Gasteiger partial charge in [0.05, 0.1) is 6.42 Å². The van der Waals surface area contributed by atoms with Gasteiger partial charge in [0.2, 0.25) is 5.91 Å². The fourth-order valence-electron chi connectivity index (χ4n) is 2.85. The van der Waals surface area contributed by atoms with E-state index in [-0.39, 0.29) is 17.9 Å². The van der Waals surface area contributed by atoms with Gasteiger partial charge in [-0.05, 0) is 38.3 Å². The normalized spacial score (nSPS) is 14.7. The molecular formula is C17H20N4O2. The first kappa shape index (κ1) is 15.4. The fourth-order valence-corrected chi connectivity index (χ4v) is 2.85. The topological polar surface area (TPSA) is 79.0 Å². The molecule has 0 radical (unpaired) electrons. The number of aromatic nitrogens is 3. The maximum absolute atomic E-state index is 12.4. The summed E-state index contributed by atoms with van der Waals surface area (Å²) in [5.41, 5.74) is 1.38.